The Labute approximate surface area is 126 Å². The van der Waals surface area contributed by atoms with E-state index in [-0.39, 0.29) is 5.91 Å². The number of hydrogen-bond acceptors (Lipinski definition) is 2. The van der Waals surface area contributed by atoms with Crippen molar-refractivity contribution in [3.63, 3.8) is 0 Å². The summed E-state index contributed by atoms with van der Waals surface area (Å²) >= 11 is 3.37. The number of rotatable bonds is 1. The molecule has 1 aliphatic rings. The maximum absolute atomic E-state index is 12.8. The quantitative estimate of drug-likeness (QED) is 0.811. The number of amides is 1. The van der Waals surface area contributed by atoms with E-state index in [1.54, 1.807) is 6.07 Å². The van der Waals surface area contributed by atoms with Gasteiger partial charge in [-0.05, 0) is 52.5 Å². The minimum atomic E-state index is -0.0315. The average Bonchev–Trinajstić information content (AvgIpc) is 2.49. The molecule has 20 heavy (non-hydrogen) atoms. The molecule has 4 heteroatoms. The van der Waals surface area contributed by atoms with E-state index >= 15 is 0 Å². The Balaban J connectivity index is 2.02. The van der Waals surface area contributed by atoms with Gasteiger partial charge in [0.15, 0.2) is 0 Å². The van der Waals surface area contributed by atoms with Crippen LogP contribution >= 0.6 is 15.9 Å². The van der Waals surface area contributed by atoms with E-state index in [0.29, 0.717) is 11.3 Å². The van der Waals surface area contributed by atoms with Crippen LogP contribution in [-0.4, -0.2) is 12.5 Å². The molecule has 102 valence electrons. The molecule has 2 aromatic carbocycles. The summed E-state index contributed by atoms with van der Waals surface area (Å²) in [5.41, 5.74) is 9.29. The predicted molar refractivity (Wildman–Crippen MR) is 85.0 cm³/mol. The van der Waals surface area contributed by atoms with Crippen molar-refractivity contribution in [2.75, 3.05) is 17.2 Å². The molecule has 0 unspecified atom stereocenters. The van der Waals surface area contributed by atoms with Gasteiger partial charge in [0.25, 0.3) is 5.91 Å². The normalized spacial score (nSPS) is 13.9. The summed E-state index contributed by atoms with van der Waals surface area (Å²) in [6, 6.07) is 13.5. The molecule has 2 aromatic rings. The fraction of sp³-hybridized carbons (Fsp3) is 0.188. The molecule has 0 saturated heterocycles. The van der Waals surface area contributed by atoms with E-state index < -0.39 is 0 Å². The summed E-state index contributed by atoms with van der Waals surface area (Å²) in [4.78, 5) is 14.6. The summed E-state index contributed by atoms with van der Waals surface area (Å²) in [5, 5.41) is 0. The molecular weight excluding hydrogens is 316 g/mol. The molecule has 1 heterocycles. The van der Waals surface area contributed by atoms with Crippen molar-refractivity contribution in [2.24, 2.45) is 0 Å². The molecule has 3 rings (SSSR count). The van der Waals surface area contributed by atoms with Crippen LogP contribution in [-0.2, 0) is 6.42 Å². The minimum Gasteiger partial charge on any atom is -0.397 e. The first-order valence-corrected chi connectivity index (χ1v) is 7.41. The summed E-state index contributed by atoms with van der Waals surface area (Å²) in [6.07, 6.45) is 2.00. The van der Waals surface area contributed by atoms with E-state index in [1.165, 1.54) is 5.56 Å². The predicted octanol–water partition coefficient (Wildman–Crippen LogP) is 3.62. The SMILES string of the molecule is Nc1c(Br)cccc1C(=O)N1CCCc2ccccc21. The monoisotopic (exact) mass is 330 g/mol. The second-order valence-electron chi connectivity index (χ2n) is 4.89. The molecule has 3 nitrogen and oxygen atoms in total. The summed E-state index contributed by atoms with van der Waals surface area (Å²) < 4.78 is 0.758. The molecule has 0 aromatic heterocycles. The Hall–Kier alpha value is -1.81. The van der Waals surface area contributed by atoms with Crippen molar-refractivity contribution >= 4 is 33.2 Å². The number of anilines is 2. The fourth-order valence-corrected chi connectivity index (χ4v) is 2.98. The number of halogens is 1. The number of hydrogen-bond donors (Lipinski definition) is 1. The molecule has 0 saturated carbocycles. The molecule has 2 N–H and O–H groups in total. The number of para-hydroxylation sites is 2. The third-order valence-electron chi connectivity index (χ3n) is 3.64. The number of nitrogen functional groups attached to an aromatic ring is 1. The van der Waals surface area contributed by atoms with Crippen LogP contribution in [0.15, 0.2) is 46.9 Å². The lowest BCUT2D eigenvalue weighted by Crippen LogP contribution is -2.35. The van der Waals surface area contributed by atoms with Gasteiger partial charge < -0.3 is 10.6 Å². The summed E-state index contributed by atoms with van der Waals surface area (Å²) in [7, 11) is 0. The van der Waals surface area contributed by atoms with E-state index in [0.717, 1.165) is 29.5 Å². The van der Waals surface area contributed by atoms with Gasteiger partial charge in [0, 0.05) is 16.7 Å². The molecule has 0 radical (unpaired) electrons. The number of aryl methyl sites for hydroxylation is 1. The molecule has 0 aliphatic carbocycles. The van der Waals surface area contributed by atoms with Crippen LogP contribution in [0.4, 0.5) is 11.4 Å². The van der Waals surface area contributed by atoms with Gasteiger partial charge in [0.2, 0.25) is 0 Å². The summed E-state index contributed by atoms with van der Waals surface area (Å²) in [5.74, 6) is -0.0315. The van der Waals surface area contributed by atoms with Gasteiger partial charge in [-0.2, -0.15) is 0 Å². The largest absolute Gasteiger partial charge is 0.397 e. The maximum Gasteiger partial charge on any atom is 0.260 e. The van der Waals surface area contributed by atoms with Crippen LogP contribution in [0.25, 0.3) is 0 Å². The second kappa shape index (κ2) is 5.29. The van der Waals surface area contributed by atoms with Crippen molar-refractivity contribution in [2.45, 2.75) is 12.8 Å². The van der Waals surface area contributed by atoms with Crippen molar-refractivity contribution in [3.05, 3.63) is 58.1 Å². The van der Waals surface area contributed by atoms with Crippen molar-refractivity contribution < 1.29 is 4.79 Å². The number of nitrogens with two attached hydrogens (primary N) is 1. The van der Waals surface area contributed by atoms with Crippen LogP contribution in [0.3, 0.4) is 0 Å². The lowest BCUT2D eigenvalue weighted by molar-refractivity contribution is 0.0986. The number of fused-ring (bicyclic) bond motifs is 1. The molecule has 0 spiro atoms. The van der Waals surface area contributed by atoms with Gasteiger partial charge in [-0.15, -0.1) is 0 Å². The zero-order valence-electron chi connectivity index (χ0n) is 11.0. The van der Waals surface area contributed by atoms with Gasteiger partial charge in [-0.25, -0.2) is 0 Å². The molecule has 1 aliphatic heterocycles. The van der Waals surface area contributed by atoms with Gasteiger partial charge in [0.05, 0.1) is 11.3 Å². The smallest absolute Gasteiger partial charge is 0.260 e. The van der Waals surface area contributed by atoms with E-state index in [9.17, 15) is 4.79 Å². The van der Waals surface area contributed by atoms with Crippen LogP contribution in [0.1, 0.15) is 22.3 Å². The standard InChI is InChI=1S/C16H15BrN2O/c17-13-8-3-7-12(15(13)18)16(20)19-10-4-6-11-5-1-2-9-14(11)19/h1-3,5,7-9H,4,6,10,18H2. The highest BCUT2D eigenvalue weighted by atomic mass is 79.9. The Morgan fingerprint density at radius 1 is 1.15 bits per heavy atom. The van der Waals surface area contributed by atoms with Gasteiger partial charge in [0.1, 0.15) is 0 Å². The third-order valence-corrected chi connectivity index (χ3v) is 4.33. The zero-order valence-corrected chi connectivity index (χ0v) is 12.6. The Morgan fingerprint density at radius 2 is 1.95 bits per heavy atom. The highest BCUT2D eigenvalue weighted by molar-refractivity contribution is 9.10. The number of nitrogens with zero attached hydrogens (tertiary/aromatic N) is 1. The Morgan fingerprint density at radius 3 is 2.80 bits per heavy atom. The van der Waals surface area contributed by atoms with E-state index in [4.69, 9.17) is 5.73 Å². The molecule has 0 atom stereocenters. The molecule has 0 fully saturated rings. The van der Waals surface area contributed by atoms with Crippen LogP contribution in [0.2, 0.25) is 0 Å². The van der Waals surface area contributed by atoms with Gasteiger partial charge in [-0.3, -0.25) is 4.79 Å². The molecule has 1 amide bonds. The van der Waals surface area contributed by atoms with Crippen LogP contribution in [0, 0.1) is 0 Å². The van der Waals surface area contributed by atoms with Crippen LogP contribution in [0.5, 0.6) is 0 Å². The van der Waals surface area contributed by atoms with E-state index in [1.807, 2.05) is 35.2 Å². The van der Waals surface area contributed by atoms with Crippen LogP contribution < -0.4 is 10.6 Å². The highest BCUT2D eigenvalue weighted by Gasteiger charge is 2.24. The first kappa shape index (κ1) is 13.2. The summed E-state index contributed by atoms with van der Waals surface area (Å²) in [6.45, 7) is 0.738. The highest BCUT2D eigenvalue weighted by Crippen LogP contribution is 2.30. The third kappa shape index (κ3) is 2.20. The minimum absolute atomic E-state index is 0.0315. The number of benzene rings is 2. The van der Waals surface area contributed by atoms with Crippen molar-refractivity contribution in [3.8, 4) is 0 Å². The maximum atomic E-state index is 12.8. The van der Waals surface area contributed by atoms with E-state index in [2.05, 4.69) is 22.0 Å². The second-order valence-corrected chi connectivity index (χ2v) is 5.74. The Kier molecular flexibility index (Phi) is 3.49. The van der Waals surface area contributed by atoms with Gasteiger partial charge in [-0.1, -0.05) is 24.3 Å². The van der Waals surface area contributed by atoms with Crippen molar-refractivity contribution in [1.29, 1.82) is 0 Å². The first-order chi connectivity index (χ1) is 9.68. The fourth-order valence-electron chi connectivity index (χ4n) is 2.61. The van der Waals surface area contributed by atoms with Crippen molar-refractivity contribution in [1.82, 2.24) is 0 Å². The number of carbonyl (C=O) groups excluding carboxylic acids is 1. The lowest BCUT2D eigenvalue weighted by Gasteiger charge is -2.30. The molecule has 0 bridgehead atoms. The first-order valence-electron chi connectivity index (χ1n) is 6.62. The number of carbonyl (C=O) groups is 1. The Bertz CT molecular complexity index is 669. The lowest BCUT2D eigenvalue weighted by atomic mass is 10.0. The topological polar surface area (TPSA) is 46.3 Å². The average molecular weight is 331 g/mol. The molecular formula is C16H15BrN2O. The zero-order chi connectivity index (χ0) is 14.1. The van der Waals surface area contributed by atoms with Gasteiger partial charge >= 0.3 is 0 Å².